The number of carboxylic acid groups (broad SMARTS) is 1. The summed E-state index contributed by atoms with van der Waals surface area (Å²) in [5, 5.41) is 14.3. The number of carbonyl (C=O) groups excluding carboxylic acids is 3. The Morgan fingerprint density at radius 1 is 1.32 bits per heavy atom. The summed E-state index contributed by atoms with van der Waals surface area (Å²) >= 11 is 1.53. The van der Waals surface area contributed by atoms with Crippen LogP contribution in [0, 0.1) is 0 Å². The molecule has 1 rings (SSSR count). The van der Waals surface area contributed by atoms with E-state index in [1.165, 1.54) is 23.6 Å². The van der Waals surface area contributed by atoms with E-state index in [9.17, 15) is 19.2 Å². The van der Waals surface area contributed by atoms with Crippen molar-refractivity contribution in [3.05, 3.63) is 0 Å². The second kappa shape index (κ2) is 10.2. The zero-order valence-corrected chi connectivity index (χ0v) is 15.3. The number of carboxylic acids is 1. The molecular weight excluding hydrogens is 348 g/mol. The fourth-order valence-corrected chi connectivity index (χ4v) is 3.14. The minimum absolute atomic E-state index is 0.231. The Labute approximate surface area is 151 Å². The van der Waals surface area contributed by atoms with E-state index in [0.29, 0.717) is 31.6 Å². The van der Waals surface area contributed by atoms with E-state index >= 15 is 0 Å². The minimum atomic E-state index is -1.04. The summed E-state index contributed by atoms with van der Waals surface area (Å²) in [4.78, 5) is 48.8. The lowest BCUT2D eigenvalue weighted by Crippen LogP contribution is -2.55. The monoisotopic (exact) mass is 374 g/mol. The number of rotatable bonds is 9. The summed E-state index contributed by atoms with van der Waals surface area (Å²) in [5.41, 5.74) is 5.26. The molecule has 0 spiro atoms. The van der Waals surface area contributed by atoms with Crippen LogP contribution in [0.2, 0.25) is 0 Å². The number of aliphatic carboxylic acids is 1. The van der Waals surface area contributed by atoms with Gasteiger partial charge in [-0.3, -0.25) is 14.4 Å². The normalized spacial score (nSPS) is 19.2. The number of amides is 3. The highest BCUT2D eigenvalue weighted by atomic mass is 32.2. The molecule has 9 nitrogen and oxygen atoms in total. The Kier molecular flexibility index (Phi) is 8.70. The second-order valence-corrected chi connectivity index (χ2v) is 6.85. The smallest absolute Gasteiger partial charge is 0.326 e. The molecule has 25 heavy (non-hydrogen) atoms. The van der Waals surface area contributed by atoms with Crippen molar-refractivity contribution in [3.8, 4) is 0 Å². The van der Waals surface area contributed by atoms with Gasteiger partial charge in [-0.15, -0.1) is 0 Å². The van der Waals surface area contributed by atoms with Crippen molar-refractivity contribution >= 4 is 35.5 Å². The van der Waals surface area contributed by atoms with Crippen LogP contribution in [0.15, 0.2) is 0 Å². The van der Waals surface area contributed by atoms with Crippen molar-refractivity contribution in [2.24, 2.45) is 5.73 Å². The van der Waals surface area contributed by atoms with E-state index in [2.05, 4.69) is 10.6 Å². The molecule has 5 N–H and O–H groups in total. The van der Waals surface area contributed by atoms with Gasteiger partial charge in [-0.2, -0.15) is 11.8 Å². The number of hydrogen-bond donors (Lipinski definition) is 4. The first-order valence-corrected chi connectivity index (χ1v) is 9.53. The quantitative estimate of drug-likeness (QED) is 0.395. The molecule has 1 saturated heterocycles. The molecule has 0 aromatic carbocycles. The molecule has 142 valence electrons. The number of carbonyl (C=O) groups is 4. The zero-order chi connectivity index (χ0) is 19.0. The van der Waals surface area contributed by atoms with Crippen LogP contribution in [0.5, 0.6) is 0 Å². The van der Waals surface area contributed by atoms with Crippen molar-refractivity contribution in [3.63, 3.8) is 0 Å². The van der Waals surface area contributed by atoms with Crippen LogP contribution in [0.4, 0.5) is 0 Å². The van der Waals surface area contributed by atoms with Gasteiger partial charge in [0, 0.05) is 6.54 Å². The van der Waals surface area contributed by atoms with Crippen molar-refractivity contribution < 1.29 is 24.3 Å². The van der Waals surface area contributed by atoms with E-state index in [1.54, 1.807) is 0 Å². The summed E-state index contributed by atoms with van der Waals surface area (Å²) < 4.78 is 0. The van der Waals surface area contributed by atoms with E-state index in [4.69, 9.17) is 10.8 Å². The third-order valence-electron chi connectivity index (χ3n) is 4.00. The molecule has 0 radical (unpaired) electrons. The molecule has 3 atom stereocenters. The van der Waals surface area contributed by atoms with Gasteiger partial charge in [0.15, 0.2) is 0 Å². The van der Waals surface area contributed by atoms with E-state index < -0.39 is 41.8 Å². The fourth-order valence-electron chi connectivity index (χ4n) is 2.67. The molecular formula is C15H26N4O5S. The van der Waals surface area contributed by atoms with Crippen LogP contribution < -0.4 is 16.4 Å². The third kappa shape index (κ3) is 6.20. The first-order chi connectivity index (χ1) is 11.8. The number of nitrogens with one attached hydrogen (secondary N) is 2. The minimum Gasteiger partial charge on any atom is -0.480 e. The highest BCUT2D eigenvalue weighted by molar-refractivity contribution is 7.98. The Balaban J connectivity index is 2.69. The van der Waals surface area contributed by atoms with E-state index in [-0.39, 0.29) is 6.54 Å². The molecule has 10 heteroatoms. The van der Waals surface area contributed by atoms with Gasteiger partial charge < -0.3 is 26.4 Å². The largest absolute Gasteiger partial charge is 0.480 e. The summed E-state index contributed by atoms with van der Waals surface area (Å²) in [6.07, 6.45) is 3.31. The van der Waals surface area contributed by atoms with Gasteiger partial charge in [0.2, 0.25) is 17.7 Å². The standard InChI is InChI=1S/C15H26N4O5S/c1-9(14(22)19-6-3-4-11(19)15(23)24)17-13(21)10(5-7-25-2)18-12(20)8-16/h9-11H,3-8,16H2,1-2H3,(H,17,21)(H,18,20)(H,23,24). The molecule has 0 aromatic rings. The van der Waals surface area contributed by atoms with Crippen molar-refractivity contribution in [2.75, 3.05) is 25.1 Å². The summed E-state index contributed by atoms with van der Waals surface area (Å²) in [6, 6.07) is -2.51. The van der Waals surface area contributed by atoms with Gasteiger partial charge in [0.25, 0.3) is 0 Å². The lowest BCUT2D eigenvalue weighted by Gasteiger charge is -2.26. The molecule has 0 aliphatic carbocycles. The summed E-state index contributed by atoms with van der Waals surface area (Å²) in [5.74, 6) is -1.77. The average Bonchev–Trinajstić information content (AvgIpc) is 3.07. The molecule has 0 aromatic heterocycles. The van der Waals surface area contributed by atoms with Crippen LogP contribution >= 0.6 is 11.8 Å². The maximum absolute atomic E-state index is 12.4. The zero-order valence-electron chi connectivity index (χ0n) is 14.5. The SMILES string of the molecule is CSCCC(NC(=O)CN)C(=O)NC(C)C(=O)N1CCCC1C(=O)O. The maximum atomic E-state index is 12.4. The predicted octanol–water partition coefficient (Wildman–Crippen LogP) is -1.24. The molecule has 1 fully saturated rings. The first kappa shape index (κ1) is 21.2. The summed E-state index contributed by atoms with van der Waals surface area (Å²) in [7, 11) is 0. The van der Waals surface area contributed by atoms with Crippen molar-refractivity contribution in [1.29, 1.82) is 0 Å². The van der Waals surface area contributed by atoms with Gasteiger partial charge in [-0.1, -0.05) is 0 Å². The van der Waals surface area contributed by atoms with Crippen LogP contribution in [0.25, 0.3) is 0 Å². The van der Waals surface area contributed by atoms with E-state index in [1.807, 2.05) is 6.26 Å². The topological polar surface area (TPSA) is 142 Å². The second-order valence-electron chi connectivity index (χ2n) is 5.86. The molecule has 1 aliphatic rings. The Bertz CT molecular complexity index is 516. The fraction of sp³-hybridized carbons (Fsp3) is 0.733. The van der Waals surface area contributed by atoms with Gasteiger partial charge >= 0.3 is 5.97 Å². The van der Waals surface area contributed by atoms with Crippen LogP contribution in [-0.4, -0.2) is 76.9 Å². The van der Waals surface area contributed by atoms with Gasteiger partial charge in [0.05, 0.1) is 6.54 Å². The molecule has 3 unspecified atom stereocenters. The van der Waals surface area contributed by atoms with E-state index in [0.717, 1.165) is 0 Å². The van der Waals surface area contributed by atoms with Crippen molar-refractivity contribution in [2.45, 2.75) is 44.3 Å². The van der Waals surface area contributed by atoms with Gasteiger partial charge in [0.1, 0.15) is 18.1 Å². The van der Waals surface area contributed by atoms with Crippen LogP contribution in [-0.2, 0) is 19.2 Å². The number of hydrogen-bond acceptors (Lipinski definition) is 6. The number of thioether (sulfide) groups is 1. The van der Waals surface area contributed by atoms with Crippen molar-refractivity contribution in [1.82, 2.24) is 15.5 Å². The molecule has 1 heterocycles. The van der Waals surface area contributed by atoms with Crippen LogP contribution in [0.3, 0.4) is 0 Å². The van der Waals surface area contributed by atoms with Crippen LogP contribution in [0.1, 0.15) is 26.2 Å². The lowest BCUT2D eigenvalue weighted by molar-refractivity contribution is -0.149. The average molecular weight is 374 g/mol. The molecule has 0 bridgehead atoms. The highest BCUT2D eigenvalue weighted by Crippen LogP contribution is 2.18. The predicted molar refractivity (Wildman–Crippen MR) is 94.0 cm³/mol. The highest BCUT2D eigenvalue weighted by Gasteiger charge is 2.36. The number of nitrogens with zero attached hydrogens (tertiary/aromatic N) is 1. The Morgan fingerprint density at radius 3 is 2.56 bits per heavy atom. The first-order valence-electron chi connectivity index (χ1n) is 8.13. The summed E-state index contributed by atoms with van der Waals surface area (Å²) in [6.45, 7) is 1.63. The molecule has 1 aliphatic heterocycles. The van der Waals surface area contributed by atoms with Gasteiger partial charge in [-0.05, 0) is 38.2 Å². The van der Waals surface area contributed by atoms with Gasteiger partial charge in [-0.25, -0.2) is 4.79 Å². The lowest BCUT2D eigenvalue weighted by atomic mass is 10.1. The molecule has 0 saturated carbocycles. The number of nitrogens with two attached hydrogens (primary N) is 1. The number of likely N-dealkylation sites (tertiary alicyclic amines) is 1. The Morgan fingerprint density at radius 2 is 2.00 bits per heavy atom. The maximum Gasteiger partial charge on any atom is 0.326 e. The molecule has 3 amide bonds. The Hall–Kier alpha value is -1.81. The third-order valence-corrected chi connectivity index (χ3v) is 4.64.